The molecule has 0 aliphatic rings. The summed E-state index contributed by atoms with van der Waals surface area (Å²) >= 11 is 0. The molecule has 0 aromatic heterocycles. The van der Waals surface area contributed by atoms with Crippen LogP contribution in [0.15, 0.2) is 43.5 Å². The smallest absolute Gasteiger partial charge is 0.490 e. The molecular weight excluding hydrogens is 184 g/mol. The molecule has 0 atom stereocenters. The van der Waals surface area contributed by atoms with E-state index in [0.29, 0.717) is 0 Å². The van der Waals surface area contributed by atoms with Crippen molar-refractivity contribution in [2.45, 2.75) is 6.54 Å². The maximum Gasteiger partial charge on any atom is 1.00 e. The first-order chi connectivity index (χ1) is 6.86. The molecule has 0 N–H and O–H groups in total. The van der Waals surface area contributed by atoms with Crippen LogP contribution in [0.4, 0.5) is 0 Å². The van der Waals surface area contributed by atoms with Crippen molar-refractivity contribution >= 4 is 0 Å². The predicted molar refractivity (Wildman–Crippen MR) is 59.5 cm³/mol. The summed E-state index contributed by atoms with van der Waals surface area (Å²) in [7, 11) is 0. The fraction of sp³-hybridized carbons (Fsp3) is 0.231. The molecule has 0 spiro atoms. The van der Waals surface area contributed by atoms with Gasteiger partial charge in [0.25, 0.3) is 0 Å². The van der Waals surface area contributed by atoms with Crippen molar-refractivity contribution in [1.29, 1.82) is 0 Å². The standard InChI is InChI=1S/C13H15N.2Li/c1-3-10-14(11-4-2)12-13-8-6-5-7-9-13;;/h5-9H,1-2,10-12H2;;/q-2;2*+1. The van der Waals surface area contributed by atoms with Crippen LogP contribution in [-0.2, 0) is 6.54 Å². The molecule has 1 rings (SSSR count). The van der Waals surface area contributed by atoms with Gasteiger partial charge in [-0.2, -0.15) is 0 Å². The van der Waals surface area contributed by atoms with Crippen molar-refractivity contribution in [3.05, 3.63) is 61.2 Å². The van der Waals surface area contributed by atoms with E-state index in [9.17, 15) is 0 Å². The fourth-order valence-corrected chi connectivity index (χ4v) is 1.33. The molecule has 0 radical (unpaired) electrons. The maximum atomic E-state index is 3.61. The summed E-state index contributed by atoms with van der Waals surface area (Å²) in [5, 5.41) is 0. The topological polar surface area (TPSA) is 3.24 Å². The predicted octanol–water partition coefficient (Wildman–Crippen LogP) is -3.53. The molecule has 1 aromatic carbocycles. The van der Waals surface area contributed by atoms with Gasteiger partial charge in [0.15, 0.2) is 0 Å². The second-order valence-electron chi connectivity index (χ2n) is 3.13. The van der Waals surface area contributed by atoms with Crippen molar-refractivity contribution in [3.63, 3.8) is 0 Å². The first kappa shape index (κ1) is 18.2. The SMILES string of the molecule is C=[C-]CN(C[C-]=C)Cc1ccccc1.[Li+].[Li+]. The summed E-state index contributed by atoms with van der Waals surface area (Å²) in [5.74, 6) is 0. The van der Waals surface area contributed by atoms with Crippen LogP contribution in [0.1, 0.15) is 5.56 Å². The summed E-state index contributed by atoms with van der Waals surface area (Å²) in [6.45, 7) is 9.61. The summed E-state index contributed by atoms with van der Waals surface area (Å²) < 4.78 is 0. The van der Waals surface area contributed by atoms with E-state index >= 15 is 0 Å². The third-order valence-corrected chi connectivity index (χ3v) is 1.92. The van der Waals surface area contributed by atoms with Gasteiger partial charge in [-0.15, -0.1) is 13.1 Å². The molecule has 1 aromatic rings. The molecule has 0 aliphatic carbocycles. The van der Waals surface area contributed by atoms with Crippen LogP contribution in [0.2, 0.25) is 0 Å². The Hall–Kier alpha value is -0.145. The van der Waals surface area contributed by atoms with Crippen molar-refractivity contribution in [2.75, 3.05) is 13.1 Å². The van der Waals surface area contributed by atoms with Crippen molar-refractivity contribution in [3.8, 4) is 0 Å². The van der Waals surface area contributed by atoms with Gasteiger partial charge < -0.3 is 17.1 Å². The maximum absolute atomic E-state index is 3.61. The summed E-state index contributed by atoms with van der Waals surface area (Å²) in [6.07, 6.45) is 5.76. The van der Waals surface area contributed by atoms with E-state index in [2.05, 4.69) is 42.3 Å². The molecule has 74 valence electrons. The Balaban J connectivity index is 0. The number of rotatable bonds is 6. The number of hydrogen-bond donors (Lipinski definition) is 0. The van der Waals surface area contributed by atoms with Crippen LogP contribution in [0.3, 0.4) is 0 Å². The minimum atomic E-state index is 0. The Morgan fingerprint density at radius 2 is 1.44 bits per heavy atom. The first-order valence-corrected chi connectivity index (χ1v) is 4.63. The molecule has 0 unspecified atom stereocenters. The van der Waals surface area contributed by atoms with Crippen molar-refractivity contribution < 1.29 is 37.7 Å². The Bertz CT molecular complexity index is 275. The molecule has 0 saturated carbocycles. The van der Waals surface area contributed by atoms with Crippen LogP contribution in [0.25, 0.3) is 0 Å². The largest absolute Gasteiger partial charge is 1.00 e. The molecule has 0 aliphatic heterocycles. The molecule has 3 heteroatoms. The van der Waals surface area contributed by atoms with Gasteiger partial charge in [-0.25, -0.2) is 0 Å². The quantitative estimate of drug-likeness (QED) is 0.339. The zero-order valence-corrected chi connectivity index (χ0v) is 10.4. The average molecular weight is 199 g/mol. The second-order valence-corrected chi connectivity index (χ2v) is 3.13. The number of hydrogen-bond acceptors (Lipinski definition) is 1. The van der Waals surface area contributed by atoms with Crippen LogP contribution in [-0.4, -0.2) is 18.0 Å². The normalized spacial score (nSPS) is 8.81. The van der Waals surface area contributed by atoms with Gasteiger partial charge in [0, 0.05) is 6.54 Å². The molecular formula is C13H15Li2N. The van der Waals surface area contributed by atoms with Gasteiger partial charge in [-0.3, -0.25) is 13.2 Å². The Morgan fingerprint density at radius 1 is 0.938 bits per heavy atom. The van der Waals surface area contributed by atoms with Gasteiger partial charge in [0.2, 0.25) is 0 Å². The monoisotopic (exact) mass is 199 g/mol. The summed E-state index contributed by atoms with van der Waals surface area (Å²) in [6, 6.07) is 10.3. The minimum Gasteiger partial charge on any atom is -0.490 e. The zero-order valence-electron chi connectivity index (χ0n) is 10.4. The fourth-order valence-electron chi connectivity index (χ4n) is 1.33. The number of benzene rings is 1. The zero-order chi connectivity index (χ0) is 10.2. The third kappa shape index (κ3) is 7.18. The van der Waals surface area contributed by atoms with E-state index in [-0.39, 0.29) is 37.7 Å². The van der Waals surface area contributed by atoms with Gasteiger partial charge in [-0.1, -0.05) is 30.3 Å². The number of nitrogens with zero attached hydrogens (tertiary/aromatic N) is 1. The Morgan fingerprint density at radius 3 is 1.88 bits per heavy atom. The van der Waals surface area contributed by atoms with E-state index < -0.39 is 0 Å². The van der Waals surface area contributed by atoms with Gasteiger partial charge in [0.05, 0.1) is 0 Å². The molecule has 0 heterocycles. The van der Waals surface area contributed by atoms with E-state index in [1.165, 1.54) is 5.56 Å². The Labute approximate surface area is 123 Å². The van der Waals surface area contributed by atoms with Crippen molar-refractivity contribution in [2.24, 2.45) is 0 Å². The summed E-state index contributed by atoms with van der Waals surface area (Å²) in [5.41, 5.74) is 1.29. The molecule has 0 amide bonds. The van der Waals surface area contributed by atoms with Crippen LogP contribution >= 0.6 is 0 Å². The van der Waals surface area contributed by atoms with Gasteiger partial charge in [0.1, 0.15) is 0 Å². The minimum absolute atomic E-state index is 0. The van der Waals surface area contributed by atoms with Crippen LogP contribution < -0.4 is 37.7 Å². The van der Waals surface area contributed by atoms with Gasteiger partial charge in [-0.05, 0) is 5.56 Å². The Kier molecular flexibility index (Phi) is 12.9. The van der Waals surface area contributed by atoms with E-state index in [4.69, 9.17) is 0 Å². The average Bonchev–Trinajstić information content (AvgIpc) is 2.20. The molecule has 0 fully saturated rings. The van der Waals surface area contributed by atoms with Crippen LogP contribution in [0.5, 0.6) is 0 Å². The van der Waals surface area contributed by atoms with Gasteiger partial charge >= 0.3 is 37.7 Å². The van der Waals surface area contributed by atoms with E-state index in [1.54, 1.807) is 0 Å². The molecule has 1 nitrogen and oxygen atoms in total. The third-order valence-electron chi connectivity index (χ3n) is 1.92. The summed E-state index contributed by atoms with van der Waals surface area (Å²) in [4.78, 5) is 2.18. The molecule has 0 saturated heterocycles. The van der Waals surface area contributed by atoms with Crippen molar-refractivity contribution in [1.82, 2.24) is 4.90 Å². The molecule has 16 heavy (non-hydrogen) atoms. The second kappa shape index (κ2) is 11.3. The van der Waals surface area contributed by atoms with E-state index in [1.807, 2.05) is 18.2 Å². The van der Waals surface area contributed by atoms with E-state index in [0.717, 1.165) is 19.6 Å². The molecule has 0 bridgehead atoms. The van der Waals surface area contributed by atoms with Crippen LogP contribution in [0, 0.1) is 12.2 Å². The first-order valence-electron chi connectivity index (χ1n) is 4.63.